The molecule has 0 atom stereocenters. The van der Waals surface area contributed by atoms with E-state index in [1.807, 2.05) is 0 Å². The molecule has 4 nitrogen and oxygen atoms in total. The molecule has 1 aliphatic rings. The molecule has 1 heterocycles. The molecule has 128 valence electrons. The molecule has 1 aliphatic heterocycles. The number of rotatable bonds is 4. The minimum Gasteiger partial charge on any atom is -0.457 e. The first-order valence-electron chi connectivity index (χ1n) is 7.74. The average Bonchev–Trinajstić information content (AvgIpc) is 2.85. The van der Waals surface area contributed by atoms with Crippen molar-refractivity contribution < 1.29 is 18.7 Å². The smallest absolute Gasteiger partial charge is 0.293 e. The van der Waals surface area contributed by atoms with Crippen LogP contribution >= 0.6 is 11.8 Å². The van der Waals surface area contributed by atoms with Gasteiger partial charge in [-0.15, -0.1) is 0 Å². The number of halogens is 1. The highest BCUT2D eigenvalue weighted by molar-refractivity contribution is 8.18. The molecule has 0 aliphatic carbocycles. The highest BCUT2D eigenvalue weighted by Gasteiger charge is 2.36. The van der Waals surface area contributed by atoms with Crippen LogP contribution in [0.25, 0.3) is 6.08 Å². The predicted octanol–water partition coefficient (Wildman–Crippen LogP) is 5.06. The summed E-state index contributed by atoms with van der Waals surface area (Å²) in [6.07, 6.45) is 1.69. The SMILES string of the molecule is CC(C)N1C(=O)SC(=Cc2ccc(Oc3ccc(F)cc3)cc2)C1=O. The normalized spacial score (nSPS) is 16.2. The van der Waals surface area contributed by atoms with E-state index in [9.17, 15) is 14.0 Å². The van der Waals surface area contributed by atoms with Gasteiger partial charge < -0.3 is 4.74 Å². The van der Waals surface area contributed by atoms with E-state index < -0.39 is 0 Å². The molecule has 2 aromatic rings. The molecule has 0 N–H and O–H groups in total. The summed E-state index contributed by atoms with van der Waals surface area (Å²) in [6, 6.07) is 12.7. The zero-order valence-electron chi connectivity index (χ0n) is 13.7. The number of nitrogens with zero attached hydrogens (tertiary/aromatic N) is 1. The summed E-state index contributed by atoms with van der Waals surface area (Å²) in [4.78, 5) is 25.8. The lowest BCUT2D eigenvalue weighted by Crippen LogP contribution is -2.34. The van der Waals surface area contributed by atoms with Gasteiger partial charge >= 0.3 is 0 Å². The van der Waals surface area contributed by atoms with Gasteiger partial charge in [0.15, 0.2) is 0 Å². The lowest BCUT2D eigenvalue weighted by atomic mass is 10.2. The van der Waals surface area contributed by atoms with Crippen LogP contribution in [0.3, 0.4) is 0 Å². The second kappa shape index (κ2) is 7.11. The van der Waals surface area contributed by atoms with Crippen molar-refractivity contribution in [1.82, 2.24) is 4.90 Å². The largest absolute Gasteiger partial charge is 0.457 e. The van der Waals surface area contributed by atoms with Crippen molar-refractivity contribution in [2.24, 2.45) is 0 Å². The van der Waals surface area contributed by atoms with E-state index in [2.05, 4.69) is 0 Å². The molecule has 1 fully saturated rings. The molecule has 25 heavy (non-hydrogen) atoms. The summed E-state index contributed by atoms with van der Waals surface area (Å²) in [5.41, 5.74) is 0.792. The van der Waals surface area contributed by atoms with Crippen molar-refractivity contribution in [2.45, 2.75) is 19.9 Å². The molecule has 6 heteroatoms. The fraction of sp³-hybridized carbons (Fsp3) is 0.158. The van der Waals surface area contributed by atoms with Gasteiger partial charge in [0, 0.05) is 6.04 Å². The maximum absolute atomic E-state index is 12.9. The van der Waals surface area contributed by atoms with Crippen LogP contribution < -0.4 is 4.74 Å². The third-order valence-electron chi connectivity index (χ3n) is 3.57. The molecule has 2 aromatic carbocycles. The van der Waals surface area contributed by atoms with Crippen LogP contribution in [0.4, 0.5) is 9.18 Å². The predicted molar refractivity (Wildman–Crippen MR) is 95.9 cm³/mol. The lowest BCUT2D eigenvalue weighted by Gasteiger charge is -2.16. The Morgan fingerprint density at radius 2 is 1.56 bits per heavy atom. The van der Waals surface area contributed by atoms with Gasteiger partial charge in [0.2, 0.25) is 0 Å². The summed E-state index contributed by atoms with van der Waals surface area (Å²) in [5, 5.41) is -0.248. The van der Waals surface area contributed by atoms with E-state index in [1.165, 1.54) is 17.0 Å². The van der Waals surface area contributed by atoms with Crippen molar-refractivity contribution in [2.75, 3.05) is 0 Å². The Kier molecular flexibility index (Phi) is 4.90. The number of ether oxygens (including phenoxy) is 1. The van der Waals surface area contributed by atoms with Crippen LogP contribution in [0.5, 0.6) is 11.5 Å². The van der Waals surface area contributed by atoms with Crippen molar-refractivity contribution in [3.63, 3.8) is 0 Å². The third kappa shape index (κ3) is 3.91. The number of thioether (sulfide) groups is 1. The number of imide groups is 1. The van der Waals surface area contributed by atoms with Gasteiger partial charge in [-0.05, 0) is 73.6 Å². The second-order valence-electron chi connectivity index (χ2n) is 5.77. The maximum atomic E-state index is 12.9. The zero-order valence-corrected chi connectivity index (χ0v) is 14.5. The number of hydrogen-bond acceptors (Lipinski definition) is 4. The minimum atomic E-state index is -0.321. The Balaban J connectivity index is 1.73. The van der Waals surface area contributed by atoms with Gasteiger partial charge in [-0.25, -0.2) is 4.39 Å². The summed E-state index contributed by atoms with van der Waals surface area (Å²) in [6.45, 7) is 3.61. The van der Waals surface area contributed by atoms with Gasteiger partial charge in [0.25, 0.3) is 11.1 Å². The first kappa shape index (κ1) is 17.2. The van der Waals surface area contributed by atoms with Gasteiger partial charge in [-0.3, -0.25) is 14.5 Å². The zero-order chi connectivity index (χ0) is 18.0. The Hall–Kier alpha value is -2.60. The molecular weight excluding hydrogens is 341 g/mol. The fourth-order valence-corrected chi connectivity index (χ4v) is 3.31. The number of carbonyl (C=O) groups is 2. The summed E-state index contributed by atoms with van der Waals surface area (Å²) >= 11 is 0.945. The molecule has 0 aromatic heterocycles. The highest BCUT2D eigenvalue weighted by atomic mass is 32.2. The van der Waals surface area contributed by atoms with Gasteiger partial charge in [-0.1, -0.05) is 12.1 Å². The molecule has 0 bridgehead atoms. The topological polar surface area (TPSA) is 46.6 Å². The number of hydrogen-bond donors (Lipinski definition) is 0. The number of benzene rings is 2. The molecule has 0 spiro atoms. The Morgan fingerprint density at radius 1 is 1.00 bits per heavy atom. The summed E-state index contributed by atoms with van der Waals surface area (Å²) in [7, 11) is 0. The first-order valence-corrected chi connectivity index (χ1v) is 8.56. The first-order chi connectivity index (χ1) is 11.9. The minimum absolute atomic E-state index is 0.162. The van der Waals surface area contributed by atoms with Crippen LogP contribution in [0.15, 0.2) is 53.4 Å². The van der Waals surface area contributed by atoms with Gasteiger partial charge in [0.1, 0.15) is 17.3 Å². The van der Waals surface area contributed by atoms with Crippen LogP contribution in [-0.4, -0.2) is 22.1 Å². The highest BCUT2D eigenvalue weighted by Crippen LogP contribution is 2.33. The molecule has 0 radical (unpaired) electrons. The van der Waals surface area contributed by atoms with Crippen molar-refractivity contribution >= 4 is 29.0 Å². The van der Waals surface area contributed by atoms with E-state index in [1.54, 1.807) is 56.3 Å². The Bertz CT molecular complexity index is 829. The van der Waals surface area contributed by atoms with Crippen LogP contribution in [-0.2, 0) is 4.79 Å². The average molecular weight is 357 g/mol. The number of carbonyl (C=O) groups excluding carboxylic acids is 2. The van der Waals surface area contributed by atoms with Gasteiger partial charge in [0.05, 0.1) is 4.91 Å². The Morgan fingerprint density at radius 3 is 2.08 bits per heavy atom. The second-order valence-corrected chi connectivity index (χ2v) is 6.76. The molecule has 3 rings (SSSR count). The van der Waals surface area contributed by atoms with Crippen LogP contribution in [0, 0.1) is 5.82 Å². The van der Waals surface area contributed by atoms with E-state index in [0.29, 0.717) is 16.4 Å². The van der Waals surface area contributed by atoms with E-state index in [4.69, 9.17) is 4.74 Å². The van der Waals surface area contributed by atoms with Crippen molar-refractivity contribution in [1.29, 1.82) is 0 Å². The molecular formula is C19H16FNO3S. The third-order valence-corrected chi connectivity index (χ3v) is 4.45. The molecule has 1 saturated heterocycles. The lowest BCUT2D eigenvalue weighted by molar-refractivity contribution is -0.123. The van der Waals surface area contributed by atoms with E-state index in [0.717, 1.165) is 17.3 Å². The van der Waals surface area contributed by atoms with Gasteiger partial charge in [-0.2, -0.15) is 0 Å². The van der Waals surface area contributed by atoms with Crippen LogP contribution in [0.2, 0.25) is 0 Å². The quantitative estimate of drug-likeness (QED) is 0.717. The van der Waals surface area contributed by atoms with Crippen LogP contribution in [0.1, 0.15) is 19.4 Å². The summed E-state index contributed by atoms with van der Waals surface area (Å²) < 4.78 is 18.5. The van der Waals surface area contributed by atoms with E-state index >= 15 is 0 Å². The monoisotopic (exact) mass is 357 g/mol. The molecule has 2 amide bonds. The standard InChI is InChI=1S/C19H16FNO3S/c1-12(2)21-18(22)17(25-19(21)23)11-13-3-7-15(8-4-13)24-16-9-5-14(20)6-10-16/h3-12H,1-2H3. The maximum Gasteiger partial charge on any atom is 0.293 e. The van der Waals surface area contributed by atoms with Crippen molar-refractivity contribution in [3.05, 3.63) is 64.8 Å². The number of amides is 2. The van der Waals surface area contributed by atoms with E-state index in [-0.39, 0.29) is 23.0 Å². The summed E-state index contributed by atoms with van der Waals surface area (Å²) in [5.74, 6) is 0.543. The molecule has 0 saturated carbocycles. The Labute approximate surface area is 149 Å². The fourth-order valence-electron chi connectivity index (χ4n) is 2.35. The molecule has 0 unspecified atom stereocenters. The van der Waals surface area contributed by atoms with Crippen molar-refractivity contribution in [3.8, 4) is 11.5 Å².